The lowest BCUT2D eigenvalue weighted by atomic mass is 10.2. The Morgan fingerprint density at radius 1 is 1.00 bits per heavy atom. The summed E-state index contributed by atoms with van der Waals surface area (Å²) in [6, 6.07) is 10.5. The number of benzene rings is 2. The molecule has 0 atom stereocenters. The first kappa shape index (κ1) is 16.8. The molecule has 7 heteroatoms. The normalized spacial score (nSPS) is 10.6. The van der Waals surface area contributed by atoms with Crippen LogP contribution < -0.4 is 0 Å². The molecule has 108 valence electrons. The summed E-state index contributed by atoms with van der Waals surface area (Å²) >= 11 is 11.0. The molecule has 0 saturated heterocycles. The van der Waals surface area contributed by atoms with Crippen LogP contribution in [0.25, 0.3) is 0 Å². The molecule has 4 nitrogen and oxygen atoms in total. The second-order valence-electron chi connectivity index (χ2n) is 3.88. The summed E-state index contributed by atoms with van der Waals surface area (Å²) in [4.78, 5) is -0.0666. The van der Waals surface area contributed by atoms with Crippen LogP contribution in [-0.4, -0.2) is 18.1 Å². The van der Waals surface area contributed by atoms with Crippen molar-refractivity contribution in [3.05, 3.63) is 58.1 Å². The number of aromatic hydroxyl groups is 1. The summed E-state index contributed by atoms with van der Waals surface area (Å²) in [5.74, 6) is 0.0565. The lowest BCUT2D eigenvalue weighted by Gasteiger charge is -1.95. The highest BCUT2D eigenvalue weighted by molar-refractivity contribution is 7.85. The second kappa shape index (κ2) is 6.95. The van der Waals surface area contributed by atoms with Gasteiger partial charge >= 0.3 is 0 Å². The molecule has 0 heterocycles. The molecule has 2 N–H and O–H groups in total. The molecule has 0 amide bonds. The Kier molecular flexibility index (Phi) is 5.83. The number of hydrogen-bond acceptors (Lipinski definition) is 3. The van der Waals surface area contributed by atoms with Crippen molar-refractivity contribution in [2.24, 2.45) is 0 Å². The molecule has 0 unspecified atom stereocenters. The van der Waals surface area contributed by atoms with Gasteiger partial charge < -0.3 is 5.11 Å². The van der Waals surface area contributed by atoms with Gasteiger partial charge in [-0.2, -0.15) is 8.42 Å². The van der Waals surface area contributed by atoms with Crippen molar-refractivity contribution in [1.29, 1.82) is 0 Å². The summed E-state index contributed by atoms with van der Waals surface area (Å²) < 4.78 is 29.6. The molecule has 0 aliphatic heterocycles. The van der Waals surface area contributed by atoms with Gasteiger partial charge in [0.05, 0.1) is 9.92 Å². The summed E-state index contributed by atoms with van der Waals surface area (Å²) in [5.41, 5.74) is 0.956. The Morgan fingerprint density at radius 2 is 1.55 bits per heavy atom. The average molecular weight is 335 g/mol. The zero-order valence-corrected chi connectivity index (χ0v) is 12.7. The van der Waals surface area contributed by atoms with Gasteiger partial charge in [0.15, 0.2) is 0 Å². The van der Waals surface area contributed by atoms with Crippen LogP contribution in [-0.2, 0) is 10.1 Å². The van der Waals surface area contributed by atoms with E-state index in [1.165, 1.54) is 24.3 Å². The first-order chi connectivity index (χ1) is 9.20. The zero-order valence-electron chi connectivity index (χ0n) is 10.4. The van der Waals surface area contributed by atoms with E-state index in [4.69, 9.17) is 32.9 Å². The lowest BCUT2D eigenvalue weighted by molar-refractivity contribution is 0.475. The Balaban J connectivity index is 0.000000204. The fourth-order valence-electron chi connectivity index (χ4n) is 1.19. The number of phenols is 1. The summed E-state index contributed by atoms with van der Waals surface area (Å²) in [6.07, 6.45) is 0. The van der Waals surface area contributed by atoms with Gasteiger partial charge in [0.2, 0.25) is 0 Å². The molecular weight excluding hydrogens is 323 g/mol. The standard InChI is InChI=1S/C7H8O3S.C6H4Cl2O/c1-6-2-4-7(5-3-6)11(8,9)10;7-4-1-2-6(9)5(8)3-4/h2-5H,1H3,(H,8,9,10);1-3,9H. The molecule has 0 bridgehead atoms. The first-order valence-electron chi connectivity index (χ1n) is 5.38. The Hall–Kier alpha value is -1.27. The third kappa shape index (κ3) is 5.38. The van der Waals surface area contributed by atoms with Crippen LogP contribution in [0.3, 0.4) is 0 Å². The van der Waals surface area contributed by atoms with Crippen molar-refractivity contribution >= 4 is 33.3 Å². The molecule has 0 radical (unpaired) electrons. The molecule has 2 aromatic carbocycles. The second-order valence-corrected chi connectivity index (χ2v) is 6.15. The number of hydrogen-bond donors (Lipinski definition) is 2. The molecular formula is C13H12Cl2O4S. The highest BCUT2D eigenvalue weighted by Crippen LogP contribution is 2.25. The van der Waals surface area contributed by atoms with Gasteiger partial charge in [-0.15, -0.1) is 0 Å². The van der Waals surface area contributed by atoms with Gasteiger partial charge in [-0.05, 0) is 37.3 Å². The molecule has 2 rings (SSSR count). The van der Waals surface area contributed by atoms with Gasteiger partial charge in [-0.3, -0.25) is 4.55 Å². The van der Waals surface area contributed by atoms with Gasteiger partial charge in [0.25, 0.3) is 10.1 Å². The van der Waals surface area contributed by atoms with Crippen LogP contribution in [0.2, 0.25) is 10.0 Å². The largest absolute Gasteiger partial charge is 0.506 e. The number of phenolic OH excluding ortho intramolecular Hbond substituents is 1. The number of aryl methyl sites for hydroxylation is 1. The van der Waals surface area contributed by atoms with E-state index >= 15 is 0 Å². The highest BCUT2D eigenvalue weighted by atomic mass is 35.5. The fraction of sp³-hybridized carbons (Fsp3) is 0.0769. The molecule has 0 aliphatic carbocycles. The van der Waals surface area contributed by atoms with Gasteiger partial charge in [-0.1, -0.05) is 40.9 Å². The van der Waals surface area contributed by atoms with E-state index in [2.05, 4.69) is 0 Å². The molecule has 2 aromatic rings. The fourth-order valence-corrected chi connectivity index (χ4v) is 2.08. The molecule has 0 aliphatic rings. The molecule has 0 saturated carbocycles. The van der Waals surface area contributed by atoms with Crippen LogP contribution in [0, 0.1) is 6.92 Å². The molecule has 20 heavy (non-hydrogen) atoms. The minimum atomic E-state index is -4.02. The van der Waals surface area contributed by atoms with Crippen molar-refractivity contribution in [2.45, 2.75) is 11.8 Å². The topological polar surface area (TPSA) is 74.6 Å². The molecule has 0 spiro atoms. The highest BCUT2D eigenvalue weighted by Gasteiger charge is 2.06. The van der Waals surface area contributed by atoms with Crippen molar-refractivity contribution < 1.29 is 18.1 Å². The lowest BCUT2D eigenvalue weighted by Crippen LogP contribution is -1.96. The van der Waals surface area contributed by atoms with Gasteiger partial charge in [-0.25, -0.2) is 0 Å². The monoisotopic (exact) mass is 334 g/mol. The Bertz CT molecular complexity index is 682. The van der Waals surface area contributed by atoms with E-state index in [0.29, 0.717) is 5.02 Å². The third-order valence-corrected chi connectivity index (χ3v) is 3.63. The van der Waals surface area contributed by atoms with E-state index in [1.54, 1.807) is 18.2 Å². The smallest absolute Gasteiger partial charge is 0.294 e. The summed E-state index contributed by atoms with van der Waals surface area (Å²) in [7, 11) is -4.02. The van der Waals surface area contributed by atoms with Crippen LogP contribution in [0.4, 0.5) is 0 Å². The first-order valence-corrected chi connectivity index (χ1v) is 7.58. The SMILES string of the molecule is Cc1ccc(S(=O)(=O)O)cc1.Oc1ccc(Cl)cc1Cl. The van der Waals surface area contributed by atoms with E-state index in [9.17, 15) is 8.42 Å². The molecule has 0 fully saturated rings. The summed E-state index contributed by atoms with van der Waals surface area (Å²) in [6.45, 7) is 1.84. The maximum absolute atomic E-state index is 10.5. The summed E-state index contributed by atoms with van der Waals surface area (Å²) in [5, 5.41) is 9.66. The number of halogens is 2. The van der Waals surface area contributed by atoms with Gasteiger partial charge in [0, 0.05) is 5.02 Å². The van der Waals surface area contributed by atoms with E-state index in [1.807, 2.05) is 6.92 Å². The van der Waals surface area contributed by atoms with Crippen molar-refractivity contribution in [1.82, 2.24) is 0 Å². The van der Waals surface area contributed by atoms with Crippen molar-refractivity contribution in [3.63, 3.8) is 0 Å². The van der Waals surface area contributed by atoms with E-state index < -0.39 is 10.1 Å². The van der Waals surface area contributed by atoms with Crippen LogP contribution >= 0.6 is 23.2 Å². The quantitative estimate of drug-likeness (QED) is 0.774. The maximum Gasteiger partial charge on any atom is 0.294 e. The third-order valence-electron chi connectivity index (χ3n) is 2.23. The number of rotatable bonds is 1. The van der Waals surface area contributed by atoms with Gasteiger partial charge in [0.1, 0.15) is 5.75 Å². The maximum atomic E-state index is 10.5. The van der Waals surface area contributed by atoms with Crippen molar-refractivity contribution in [2.75, 3.05) is 0 Å². The average Bonchev–Trinajstić information content (AvgIpc) is 2.34. The minimum Gasteiger partial charge on any atom is -0.506 e. The van der Waals surface area contributed by atoms with E-state index in [0.717, 1.165) is 5.56 Å². The van der Waals surface area contributed by atoms with Crippen LogP contribution in [0.15, 0.2) is 47.4 Å². The van der Waals surface area contributed by atoms with Crippen molar-refractivity contribution in [3.8, 4) is 5.75 Å². The minimum absolute atomic E-state index is 0.0565. The predicted octanol–water partition coefficient (Wildman–Crippen LogP) is 3.94. The van der Waals surface area contributed by atoms with Crippen LogP contribution in [0.5, 0.6) is 5.75 Å². The van der Waals surface area contributed by atoms with Crippen LogP contribution in [0.1, 0.15) is 5.56 Å². The Morgan fingerprint density at radius 3 is 1.95 bits per heavy atom. The van der Waals surface area contributed by atoms with E-state index in [-0.39, 0.29) is 15.7 Å². The zero-order chi connectivity index (χ0) is 15.3. The molecule has 0 aromatic heterocycles. The predicted molar refractivity (Wildman–Crippen MR) is 79.1 cm³/mol. The Labute approximate surface area is 127 Å².